The fourth-order valence-corrected chi connectivity index (χ4v) is 4.58. The molecular formula is C23H25F3N6O3. The van der Waals surface area contributed by atoms with Crippen LogP contribution in [0.2, 0.25) is 0 Å². The molecule has 0 bridgehead atoms. The molecule has 2 aliphatic heterocycles. The average molecular weight is 490 g/mol. The number of hydrogen-bond donors (Lipinski definition) is 1. The lowest BCUT2D eigenvalue weighted by Gasteiger charge is -2.33. The molecule has 12 heteroatoms. The van der Waals surface area contributed by atoms with Crippen molar-refractivity contribution >= 4 is 11.7 Å². The van der Waals surface area contributed by atoms with E-state index in [4.69, 9.17) is 9.47 Å². The number of hydrogen-bond acceptors (Lipinski definition) is 6. The van der Waals surface area contributed by atoms with E-state index in [0.717, 1.165) is 21.6 Å². The number of aromatic nitrogens is 4. The second-order valence-electron chi connectivity index (χ2n) is 8.90. The molecule has 0 saturated heterocycles. The van der Waals surface area contributed by atoms with Crippen LogP contribution in [0.4, 0.5) is 19.0 Å². The summed E-state index contributed by atoms with van der Waals surface area (Å²) < 4.78 is 55.4. The summed E-state index contributed by atoms with van der Waals surface area (Å²) >= 11 is 0. The van der Waals surface area contributed by atoms with E-state index in [1.165, 1.54) is 11.0 Å². The molecule has 9 nitrogen and oxygen atoms in total. The molecule has 2 atom stereocenters. The molecule has 35 heavy (non-hydrogen) atoms. The van der Waals surface area contributed by atoms with Crippen LogP contribution in [-0.2, 0) is 13.6 Å². The number of nitrogens with one attached hydrogen (secondary N) is 1. The number of ether oxygens (including phenoxy) is 2. The Morgan fingerprint density at radius 3 is 2.63 bits per heavy atom. The van der Waals surface area contributed by atoms with Gasteiger partial charge in [-0.3, -0.25) is 9.48 Å². The van der Waals surface area contributed by atoms with Gasteiger partial charge in [0.05, 0.1) is 11.7 Å². The van der Waals surface area contributed by atoms with Gasteiger partial charge in [-0.2, -0.15) is 23.4 Å². The lowest BCUT2D eigenvalue weighted by Crippen LogP contribution is -2.35. The third-order valence-electron chi connectivity index (χ3n) is 6.61. The Morgan fingerprint density at radius 1 is 1.20 bits per heavy atom. The summed E-state index contributed by atoms with van der Waals surface area (Å²) in [6.07, 6.45) is -4.83. The van der Waals surface area contributed by atoms with E-state index in [1.807, 2.05) is 20.9 Å². The molecule has 4 heterocycles. The second kappa shape index (κ2) is 8.21. The zero-order valence-corrected chi connectivity index (χ0v) is 19.7. The van der Waals surface area contributed by atoms with Crippen molar-refractivity contribution < 1.29 is 27.4 Å². The van der Waals surface area contributed by atoms with Gasteiger partial charge in [0.2, 0.25) is 6.79 Å². The number of carbonyl (C=O) groups is 1. The molecule has 5 rings (SSSR count). The number of carbonyl (C=O) groups excluding carboxylic acids is 1. The SMILES string of the molecule is Cc1nn(C)c(C)c1CN(C)C(=O)c1cc2n(n1)C(C(F)(F)F)CC(c1ccc3c(c1)OCO3)N2. The van der Waals surface area contributed by atoms with Gasteiger partial charge in [0.1, 0.15) is 5.82 Å². The van der Waals surface area contributed by atoms with E-state index < -0.39 is 24.2 Å². The molecule has 1 aromatic carbocycles. The molecule has 0 aliphatic carbocycles. The fourth-order valence-electron chi connectivity index (χ4n) is 4.58. The van der Waals surface area contributed by atoms with Crippen molar-refractivity contribution in [3.8, 4) is 11.5 Å². The highest BCUT2D eigenvalue weighted by Crippen LogP contribution is 2.45. The van der Waals surface area contributed by atoms with Crippen molar-refractivity contribution in [1.82, 2.24) is 24.5 Å². The molecule has 2 aromatic heterocycles. The van der Waals surface area contributed by atoms with Gasteiger partial charge in [0.15, 0.2) is 23.2 Å². The summed E-state index contributed by atoms with van der Waals surface area (Å²) in [7, 11) is 3.41. The van der Waals surface area contributed by atoms with Crippen molar-refractivity contribution in [2.75, 3.05) is 19.2 Å². The van der Waals surface area contributed by atoms with Crippen molar-refractivity contribution in [2.45, 2.75) is 45.1 Å². The Bertz CT molecular complexity index is 1300. The summed E-state index contributed by atoms with van der Waals surface area (Å²) in [5.74, 6) is 0.700. The Hall–Kier alpha value is -3.70. The van der Waals surface area contributed by atoms with E-state index in [0.29, 0.717) is 17.1 Å². The number of halogens is 3. The zero-order valence-electron chi connectivity index (χ0n) is 19.7. The van der Waals surface area contributed by atoms with Gasteiger partial charge in [-0.25, -0.2) is 4.68 Å². The number of amides is 1. The van der Waals surface area contributed by atoms with Crippen LogP contribution in [-0.4, -0.2) is 50.4 Å². The predicted molar refractivity (Wildman–Crippen MR) is 119 cm³/mol. The molecule has 1 amide bonds. The predicted octanol–water partition coefficient (Wildman–Crippen LogP) is 3.89. The number of fused-ring (bicyclic) bond motifs is 2. The van der Waals surface area contributed by atoms with Crippen LogP contribution in [0, 0.1) is 13.8 Å². The zero-order chi connectivity index (χ0) is 25.1. The topological polar surface area (TPSA) is 86.4 Å². The van der Waals surface area contributed by atoms with Crippen molar-refractivity contribution in [3.63, 3.8) is 0 Å². The van der Waals surface area contributed by atoms with Gasteiger partial charge in [0.25, 0.3) is 5.91 Å². The van der Waals surface area contributed by atoms with Crippen LogP contribution in [0.1, 0.15) is 51.5 Å². The van der Waals surface area contributed by atoms with E-state index >= 15 is 0 Å². The van der Waals surface area contributed by atoms with Crippen molar-refractivity contribution in [2.24, 2.45) is 7.05 Å². The Balaban J connectivity index is 1.43. The molecule has 0 saturated carbocycles. The number of alkyl halides is 3. The maximum absolute atomic E-state index is 14.0. The number of anilines is 1. The van der Waals surface area contributed by atoms with Gasteiger partial charge in [-0.1, -0.05) is 6.07 Å². The molecule has 3 aromatic rings. The van der Waals surface area contributed by atoms with E-state index in [1.54, 1.807) is 29.9 Å². The van der Waals surface area contributed by atoms with Gasteiger partial charge < -0.3 is 19.7 Å². The molecular weight excluding hydrogens is 465 g/mol. The minimum Gasteiger partial charge on any atom is -0.454 e. The first-order valence-electron chi connectivity index (χ1n) is 11.1. The minimum atomic E-state index is -4.55. The lowest BCUT2D eigenvalue weighted by atomic mass is 9.96. The van der Waals surface area contributed by atoms with Crippen LogP contribution in [0.3, 0.4) is 0 Å². The molecule has 2 unspecified atom stereocenters. The van der Waals surface area contributed by atoms with Crippen LogP contribution in [0.5, 0.6) is 11.5 Å². The molecule has 186 valence electrons. The van der Waals surface area contributed by atoms with Crippen molar-refractivity contribution in [1.29, 1.82) is 0 Å². The fraction of sp³-hybridized carbons (Fsp3) is 0.435. The van der Waals surface area contributed by atoms with Crippen LogP contribution >= 0.6 is 0 Å². The lowest BCUT2D eigenvalue weighted by molar-refractivity contribution is -0.173. The normalized spacial score (nSPS) is 18.8. The summed E-state index contributed by atoms with van der Waals surface area (Å²) in [5.41, 5.74) is 3.16. The van der Waals surface area contributed by atoms with E-state index in [-0.39, 0.29) is 31.3 Å². The summed E-state index contributed by atoms with van der Waals surface area (Å²) in [6, 6.07) is 3.91. The first-order chi connectivity index (χ1) is 16.5. The summed E-state index contributed by atoms with van der Waals surface area (Å²) in [4.78, 5) is 14.5. The number of nitrogens with zero attached hydrogens (tertiary/aromatic N) is 5. The first kappa shape index (κ1) is 23.1. The standard InChI is InChI=1S/C23H25F3N6O3/c1-12-15(13(2)31(4)28-12)10-30(3)22(33)17-9-21-27-16(8-20(23(24,25)26)32(21)29-17)14-5-6-18-19(7-14)35-11-34-18/h5-7,9,16,20,27H,8,10-11H2,1-4H3. The third kappa shape index (κ3) is 4.06. The third-order valence-corrected chi connectivity index (χ3v) is 6.61. The largest absolute Gasteiger partial charge is 0.454 e. The maximum Gasteiger partial charge on any atom is 0.410 e. The highest BCUT2D eigenvalue weighted by molar-refractivity contribution is 5.93. The molecule has 0 radical (unpaired) electrons. The van der Waals surface area contributed by atoms with Gasteiger partial charge in [0, 0.05) is 44.4 Å². The molecule has 0 spiro atoms. The van der Waals surface area contributed by atoms with Gasteiger partial charge in [-0.05, 0) is 31.5 Å². The minimum absolute atomic E-state index is 0.0604. The number of rotatable bonds is 4. The summed E-state index contributed by atoms with van der Waals surface area (Å²) in [5, 5.41) is 11.5. The maximum atomic E-state index is 14.0. The molecule has 1 N–H and O–H groups in total. The molecule has 2 aliphatic rings. The highest BCUT2D eigenvalue weighted by atomic mass is 19.4. The Morgan fingerprint density at radius 2 is 1.94 bits per heavy atom. The van der Waals surface area contributed by atoms with Crippen molar-refractivity contribution in [3.05, 3.63) is 52.5 Å². The van der Waals surface area contributed by atoms with Crippen LogP contribution in [0.15, 0.2) is 24.3 Å². The van der Waals surface area contributed by atoms with Gasteiger partial charge >= 0.3 is 6.18 Å². The van der Waals surface area contributed by atoms with E-state index in [9.17, 15) is 18.0 Å². The first-order valence-corrected chi connectivity index (χ1v) is 11.1. The van der Waals surface area contributed by atoms with Crippen LogP contribution < -0.4 is 14.8 Å². The van der Waals surface area contributed by atoms with Gasteiger partial charge in [-0.15, -0.1) is 0 Å². The Kier molecular flexibility index (Phi) is 5.41. The summed E-state index contributed by atoms with van der Waals surface area (Å²) in [6.45, 7) is 4.09. The Labute approximate surface area is 199 Å². The quantitative estimate of drug-likeness (QED) is 0.597. The highest BCUT2D eigenvalue weighted by Gasteiger charge is 2.47. The average Bonchev–Trinajstić information content (AvgIpc) is 3.50. The van der Waals surface area contributed by atoms with E-state index in [2.05, 4.69) is 15.5 Å². The molecule has 0 fully saturated rings. The smallest absolute Gasteiger partial charge is 0.410 e. The number of benzene rings is 1. The monoisotopic (exact) mass is 490 g/mol. The van der Waals surface area contributed by atoms with Crippen LogP contribution in [0.25, 0.3) is 0 Å². The number of aryl methyl sites for hydroxylation is 2. The second-order valence-corrected chi connectivity index (χ2v) is 8.90.